The highest BCUT2D eigenvalue weighted by Crippen LogP contribution is 2.73. The molecular formula is C21H30O2. The van der Waals surface area contributed by atoms with Crippen LogP contribution in [-0.2, 0) is 4.79 Å². The van der Waals surface area contributed by atoms with Crippen LogP contribution in [0.15, 0.2) is 12.2 Å². The summed E-state index contributed by atoms with van der Waals surface area (Å²) in [6, 6.07) is 0. The molecule has 0 heterocycles. The van der Waals surface area contributed by atoms with Gasteiger partial charge in [0.2, 0.25) is 0 Å². The largest absolute Gasteiger partial charge is 0.481 e. The van der Waals surface area contributed by atoms with Crippen molar-refractivity contribution in [2.45, 2.75) is 65.2 Å². The van der Waals surface area contributed by atoms with E-state index >= 15 is 0 Å². The molecule has 0 aliphatic heterocycles. The van der Waals surface area contributed by atoms with Crippen molar-refractivity contribution in [3.8, 4) is 0 Å². The van der Waals surface area contributed by atoms with Gasteiger partial charge in [0.25, 0.3) is 0 Å². The van der Waals surface area contributed by atoms with Crippen molar-refractivity contribution >= 4 is 5.97 Å². The van der Waals surface area contributed by atoms with Crippen molar-refractivity contribution in [1.82, 2.24) is 0 Å². The Morgan fingerprint density at radius 2 is 1.52 bits per heavy atom. The van der Waals surface area contributed by atoms with Crippen molar-refractivity contribution in [1.29, 1.82) is 0 Å². The van der Waals surface area contributed by atoms with Gasteiger partial charge in [-0.3, -0.25) is 4.79 Å². The van der Waals surface area contributed by atoms with E-state index in [4.69, 9.17) is 0 Å². The van der Waals surface area contributed by atoms with E-state index in [0.717, 1.165) is 30.6 Å². The molecule has 1 N–H and O–H groups in total. The normalized spacial score (nSPS) is 53.2. The van der Waals surface area contributed by atoms with E-state index in [9.17, 15) is 9.90 Å². The van der Waals surface area contributed by atoms with Crippen LogP contribution in [0.4, 0.5) is 0 Å². The Kier molecular flexibility index (Phi) is 2.68. The minimum atomic E-state index is -0.516. The molecule has 3 atom stereocenters. The topological polar surface area (TPSA) is 37.3 Å². The molecule has 5 saturated carbocycles. The van der Waals surface area contributed by atoms with Gasteiger partial charge < -0.3 is 5.11 Å². The first-order valence-electron chi connectivity index (χ1n) is 9.78. The van der Waals surface area contributed by atoms with Gasteiger partial charge in [-0.25, -0.2) is 0 Å². The number of carboxylic acid groups (broad SMARTS) is 1. The van der Waals surface area contributed by atoms with Gasteiger partial charge in [0, 0.05) is 0 Å². The quantitative estimate of drug-likeness (QED) is 0.753. The van der Waals surface area contributed by atoms with E-state index < -0.39 is 11.4 Å². The number of hydrogen-bond acceptors (Lipinski definition) is 1. The monoisotopic (exact) mass is 314 g/mol. The maximum absolute atomic E-state index is 12.6. The second kappa shape index (κ2) is 4.24. The van der Waals surface area contributed by atoms with Crippen molar-refractivity contribution in [3.63, 3.8) is 0 Å². The first-order valence-corrected chi connectivity index (χ1v) is 9.78. The summed E-state index contributed by atoms with van der Waals surface area (Å²) in [5.41, 5.74) is -0.317. The van der Waals surface area contributed by atoms with Crippen LogP contribution < -0.4 is 0 Å². The van der Waals surface area contributed by atoms with Crippen LogP contribution in [0.3, 0.4) is 0 Å². The number of aliphatic carboxylic acids is 1. The zero-order valence-electron chi connectivity index (χ0n) is 14.6. The molecule has 5 fully saturated rings. The average Bonchev–Trinajstić information content (AvgIpc) is 3.06. The van der Waals surface area contributed by atoms with Crippen molar-refractivity contribution in [3.05, 3.63) is 12.2 Å². The lowest BCUT2D eigenvalue weighted by molar-refractivity contribution is -0.196. The fraction of sp³-hybridized carbons (Fsp3) is 0.857. The van der Waals surface area contributed by atoms with E-state index in [1.165, 1.54) is 38.5 Å². The summed E-state index contributed by atoms with van der Waals surface area (Å²) in [5, 5.41) is 10.4. The van der Waals surface area contributed by atoms with Crippen LogP contribution in [0.1, 0.15) is 65.2 Å². The molecule has 6 aliphatic rings. The van der Waals surface area contributed by atoms with E-state index in [2.05, 4.69) is 26.0 Å². The molecule has 3 unspecified atom stereocenters. The standard InChI is InChI=1S/C21H30O2/c1-19(2,21(18(22)23)12-13-3-4-17(21)8-13)20-9-14-5-15(10-20)7-16(6-14)11-20/h3-4,13-17H,5-12H2,1-2H3,(H,22,23). The van der Waals surface area contributed by atoms with Crippen LogP contribution in [0.25, 0.3) is 0 Å². The fourth-order valence-electron chi connectivity index (χ4n) is 8.44. The van der Waals surface area contributed by atoms with Crippen LogP contribution in [0.2, 0.25) is 0 Å². The Morgan fingerprint density at radius 1 is 0.957 bits per heavy atom. The van der Waals surface area contributed by atoms with Crippen LogP contribution >= 0.6 is 0 Å². The maximum Gasteiger partial charge on any atom is 0.310 e. The van der Waals surface area contributed by atoms with Gasteiger partial charge in [0.1, 0.15) is 0 Å². The smallest absolute Gasteiger partial charge is 0.310 e. The third-order valence-electron chi connectivity index (χ3n) is 9.25. The molecular weight excluding hydrogens is 284 g/mol. The Bertz CT molecular complexity index is 551. The first-order chi connectivity index (χ1) is 10.9. The SMILES string of the molecule is CC(C)(C12CC3CC(CC(C3)C1)C2)C1(C(=O)O)CC2C=CC1C2. The van der Waals surface area contributed by atoms with Crippen LogP contribution in [-0.4, -0.2) is 11.1 Å². The molecule has 0 saturated heterocycles. The van der Waals surface area contributed by atoms with Crippen molar-refractivity contribution < 1.29 is 9.90 Å². The highest BCUT2D eigenvalue weighted by molar-refractivity contribution is 5.78. The lowest BCUT2D eigenvalue weighted by Crippen LogP contribution is -2.61. The number of hydrogen-bond donors (Lipinski definition) is 1. The zero-order valence-corrected chi connectivity index (χ0v) is 14.6. The number of allylic oxidation sites excluding steroid dienone is 2. The molecule has 6 aliphatic carbocycles. The molecule has 0 aromatic heterocycles. The summed E-state index contributed by atoms with van der Waals surface area (Å²) < 4.78 is 0. The molecule has 0 aromatic rings. The summed E-state index contributed by atoms with van der Waals surface area (Å²) in [6.07, 6.45) is 14.7. The molecule has 0 amide bonds. The highest BCUT2D eigenvalue weighted by atomic mass is 16.4. The van der Waals surface area contributed by atoms with Gasteiger partial charge in [-0.15, -0.1) is 0 Å². The van der Waals surface area contributed by atoms with Crippen molar-refractivity contribution in [2.75, 3.05) is 0 Å². The lowest BCUT2D eigenvalue weighted by atomic mass is 9.38. The molecule has 0 radical (unpaired) electrons. The van der Waals surface area contributed by atoms with E-state index in [-0.39, 0.29) is 11.3 Å². The lowest BCUT2D eigenvalue weighted by Gasteiger charge is -2.66. The summed E-state index contributed by atoms with van der Waals surface area (Å²) in [4.78, 5) is 12.6. The summed E-state index contributed by atoms with van der Waals surface area (Å²) in [7, 11) is 0. The Labute approximate surface area is 139 Å². The first kappa shape index (κ1) is 14.5. The third-order valence-corrected chi connectivity index (χ3v) is 9.25. The minimum absolute atomic E-state index is 0.0912. The molecule has 6 bridgehead atoms. The zero-order chi connectivity index (χ0) is 16.0. The second-order valence-electron chi connectivity index (χ2n) is 10.3. The molecule has 0 spiro atoms. The predicted octanol–water partition coefficient (Wildman–Crippen LogP) is 4.90. The highest BCUT2D eigenvalue weighted by Gasteiger charge is 2.69. The third kappa shape index (κ3) is 1.59. The summed E-state index contributed by atoms with van der Waals surface area (Å²) in [6.45, 7) is 4.70. The Balaban J connectivity index is 1.61. The molecule has 2 nitrogen and oxygen atoms in total. The van der Waals surface area contributed by atoms with E-state index in [0.29, 0.717) is 11.3 Å². The van der Waals surface area contributed by atoms with Gasteiger partial charge in [-0.2, -0.15) is 0 Å². The van der Waals surface area contributed by atoms with Crippen LogP contribution in [0, 0.1) is 45.8 Å². The van der Waals surface area contributed by atoms with Gasteiger partial charge in [-0.1, -0.05) is 26.0 Å². The predicted molar refractivity (Wildman–Crippen MR) is 89.8 cm³/mol. The van der Waals surface area contributed by atoms with Crippen molar-refractivity contribution in [2.24, 2.45) is 45.8 Å². The molecule has 23 heavy (non-hydrogen) atoms. The summed E-state index contributed by atoms with van der Waals surface area (Å²) in [5.74, 6) is 2.95. The molecule has 0 aromatic carbocycles. The summed E-state index contributed by atoms with van der Waals surface area (Å²) >= 11 is 0. The van der Waals surface area contributed by atoms with E-state index in [1.807, 2.05) is 0 Å². The number of carbonyl (C=O) groups is 1. The molecule has 2 heteroatoms. The molecule has 126 valence electrons. The second-order valence-corrected chi connectivity index (χ2v) is 10.3. The molecule has 6 rings (SSSR count). The van der Waals surface area contributed by atoms with Gasteiger partial charge in [0.05, 0.1) is 5.41 Å². The Hall–Kier alpha value is -0.790. The minimum Gasteiger partial charge on any atom is -0.481 e. The maximum atomic E-state index is 12.6. The van der Waals surface area contributed by atoms with E-state index in [1.54, 1.807) is 0 Å². The van der Waals surface area contributed by atoms with Gasteiger partial charge in [0.15, 0.2) is 0 Å². The average molecular weight is 314 g/mol. The van der Waals surface area contributed by atoms with Gasteiger partial charge in [-0.05, 0) is 91.8 Å². The number of rotatable bonds is 3. The van der Waals surface area contributed by atoms with Gasteiger partial charge >= 0.3 is 5.97 Å². The number of fused-ring (bicyclic) bond motifs is 2. The fourth-order valence-corrected chi connectivity index (χ4v) is 8.44. The Morgan fingerprint density at radius 3 is 1.91 bits per heavy atom. The van der Waals surface area contributed by atoms with Crippen LogP contribution in [0.5, 0.6) is 0 Å². The number of carboxylic acids is 1.